The van der Waals surface area contributed by atoms with Crippen LogP contribution in [0.25, 0.3) is 0 Å². The van der Waals surface area contributed by atoms with Crippen LogP contribution in [0.2, 0.25) is 0 Å². The van der Waals surface area contributed by atoms with E-state index in [9.17, 15) is 0 Å². The van der Waals surface area contributed by atoms with E-state index in [1.54, 1.807) is 7.11 Å². The lowest BCUT2D eigenvalue weighted by Gasteiger charge is -2.25. The number of rotatable bonds is 3. The first kappa shape index (κ1) is 14.1. The Kier molecular flexibility index (Phi) is 4.65. The van der Waals surface area contributed by atoms with Gasteiger partial charge >= 0.3 is 0 Å². The van der Waals surface area contributed by atoms with E-state index in [4.69, 9.17) is 4.74 Å². The van der Waals surface area contributed by atoms with Crippen LogP contribution in [0, 0.1) is 0 Å². The van der Waals surface area contributed by atoms with Crippen molar-refractivity contribution in [1.82, 2.24) is 4.90 Å². The predicted octanol–water partition coefficient (Wildman–Crippen LogP) is 3.45. The van der Waals surface area contributed by atoms with Gasteiger partial charge in [-0.05, 0) is 56.9 Å². The molecule has 2 rings (SSSR count). The third-order valence-corrected chi connectivity index (χ3v) is 3.95. The molecule has 1 unspecified atom stereocenters. The molecule has 2 nitrogen and oxygen atoms in total. The van der Waals surface area contributed by atoms with Crippen molar-refractivity contribution < 1.29 is 4.74 Å². The van der Waals surface area contributed by atoms with Crippen LogP contribution in [0.1, 0.15) is 31.9 Å². The van der Waals surface area contributed by atoms with Crippen molar-refractivity contribution in [3.05, 3.63) is 41.0 Å². The highest BCUT2D eigenvalue weighted by atomic mass is 16.5. The number of hydrogen-bond acceptors (Lipinski definition) is 2. The van der Waals surface area contributed by atoms with Gasteiger partial charge in [-0.2, -0.15) is 0 Å². The summed E-state index contributed by atoms with van der Waals surface area (Å²) in [4.78, 5) is 2.57. The highest BCUT2D eigenvalue weighted by molar-refractivity contribution is 5.37. The van der Waals surface area contributed by atoms with Crippen molar-refractivity contribution in [2.75, 3.05) is 20.2 Å². The first-order valence-corrected chi connectivity index (χ1v) is 7.13. The minimum absolute atomic E-state index is 0.587. The molecule has 1 aromatic rings. The van der Waals surface area contributed by atoms with Crippen LogP contribution < -0.4 is 4.74 Å². The van der Waals surface area contributed by atoms with Crippen LogP contribution in [0.15, 0.2) is 29.8 Å². The number of benzene rings is 1. The summed E-state index contributed by atoms with van der Waals surface area (Å²) in [5, 5.41) is 0. The van der Waals surface area contributed by atoms with E-state index < -0.39 is 0 Å². The van der Waals surface area contributed by atoms with Crippen molar-refractivity contribution >= 4 is 0 Å². The second-order valence-electron chi connectivity index (χ2n) is 5.71. The Morgan fingerprint density at radius 3 is 2.84 bits per heavy atom. The topological polar surface area (TPSA) is 12.5 Å². The fraction of sp³-hybridized carbons (Fsp3) is 0.529. The summed E-state index contributed by atoms with van der Waals surface area (Å²) < 4.78 is 5.34. The zero-order valence-electron chi connectivity index (χ0n) is 12.6. The molecule has 0 saturated heterocycles. The summed E-state index contributed by atoms with van der Waals surface area (Å²) in [7, 11) is 1.74. The van der Waals surface area contributed by atoms with Crippen LogP contribution >= 0.6 is 0 Å². The molecular formula is C17H25NO. The Morgan fingerprint density at radius 1 is 1.37 bits per heavy atom. The Hall–Kier alpha value is -1.28. The fourth-order valence-electron chi connectivity index (χ4n) is 2.67. The minimum atomic E-state index is 0.587. The van der Waals surface area contributed by atoms with Crippen molar-refractivity contribution in [2.24, 2.45) is 0 Å². The van der Waals surface area contributed by atoms with Crippen LogP contribution in [-0.2, 0) is 12.8 Å². The number of allylic oxidation sites excluding steroid dienone is 1. The molecule has 19 heavy (non-hydrogen) atoms. The van der Waals surface area contributed by atoms with Crippen LogP contribution in [0.5, 0.6) is 5.75 Å². The summed E-state index contributed by atoms with van der Waals surface area (Å²) in [6, 6.07) is 7.10. The number of fused-ring (bicyclic) bond motifs is 1. The molecule has 1 aliphatic rings. The lowest BCUT2D eigenvalue weighted by molar-refractivity contribution is 0.240. The smallest absolute Gasteiger partial charge is 0.119 e. The summed E-state index contributed by atoms with van der Waals surface area (Å²) in [5.41, 5.74) is 4.33. The van der Waals surface area contributed by atoms with Gasteiger partial charge in [0.15, 0.2) is 0 Å². The van der Waals surface area contributed by atoms with E-state index in [-0.39, 0.29) is 0 Å². The molecule has 0 amide bonds. The molecule has 104 valence electrons. The summed E-state index contributed by atoms with van der Waals surface area (Å²) in [6.07, 6.45) is 4.58. The highest BCUT2D eigenvalue weighted by Gasteiger charge is 2.19. The van der Waals surface area contributed by atoms with Gasteiger partial charge in [0.05, 0.1) is 7.11 Å². The van der Waals surface area contributed by atoms with E-state index in [2.05, 4.69) is 49.9 Å². The van der Waals surface area contributed by atoms with Gasteiger partial charge < -0.3 is 4.74 Å². The number of methoxy groups -OCH3 is 1. The maximum atomic E-state index is 5.34. The molecule has 1 atom stereocenters. The first-order valence-electron chi connectivity index (χ1n) is 7.13. The summed E-state index contributed by atoms with van der Waals surface area (Å²) in [5.74, 6) is 0.976. The molecule has 0 radical (unpaired) electrons. The van der Waals surface area contributed by atoms with Crippen molar-refractivity contribution in [1.29, 1.82) is 0 Å². The molecule has 1 aliphatic heterocycles. The quantitative estimate of drug-likeness (QED) is 0.771. The second kappa shape index (κ2) is 6.25. The second-order valence-corrected chi connectivity index (χ2v) is 5.71. The molecule has 1 heterocycles. The van der Waals surface area contributed by atoms with Gasteiger partial charge in [-0.1, -0.05) is 17.7 Å². The van der Waals surface area contributed by atoms with Crippen LogP contribution in [0.3, 0.4) is 0 Å². The first-order chi connectivity index (χ1) is 9.10. The normalized spacial score (nSPS) is 19.5. The summed E-state index contributed by atoms with van der Waals surface area (Å²) >= 11 is 0. The number of ether oxygens (including phenoxy) is 1. The Balaban J connectivity index is 2.14. The molecule has 0 aromatic heterocycles. The molecule has 0 bridgehead atoms. The average molecular weight is 259 g/mol. The van der Waals surface area contributed by atoms with E-state index >= 15 is 0 Å². The molecule has 0 N–H and O–H groups in total. The maximum Gasteiger partial charge on any atom is 0.119 e. The van der Waals surface area contributed by atoms with E-state index in [1.165, 1.54) is 16.7 Å². The monoisotopic (exact) mass is 259 g/mol. The molecule has 1 aromatic carbocycles. The largest absolute Gasteiger partial charge is 0.497 e. The Morgan fingerprint density at radius 2 is 2.16 bits per heavy atom. The van der Waals surface area contributed by atoms with Crippen molar-refractivity contribution in [3.63, 3.8) is 0 Å². The molecule has 0 aliphatic carbocycles. The van der Waals surface area contributed by atoms with Gasteiger partial charge in [0.2, 0.25) is 0 Å². The molecule has 0 spiro atoms. The van der Waals surface area contributed by atoms with Gasteiger partial charge in [0.25, 0.3) is 0 Å². The third-order valence-electron chi connectivity index (χ3n) is 3.95. The maximum absolute atomic E-state index is 5.34. The number of nitrogens with zero attached hydrogens (tertiary/aromatic N) is 1. The average Bonchev–Trinajstić information content (AvgIpc) is 2.54. The van der Waals surface area contributed by atoms with E-state index in [0.717, 1.165) is 31.7 Å². The standard InChI is InChI=1S/C17H25NO/c1-13(2)7-9-18-10-8-15-5-6-17(19-4)12-16(15)11-14(18)3/h5-7,12,14H,8-11H2,1-4H3. The Bertz CT molecular complexity index is 460. The molecule has 0 saturated carbocycles. The molecular weight excluding hydrogens is 234 g/mol. The third kappa shape index (κ3) is 3.60. The van der Waals surface area contributed by atoms with Crippen LogP contribution in [0.4, 0.5) is 0 Å². The predicted molar refractivity (Wildman–Crippen MR) is 80.9 cm³/mol. The van der Waals surface area contributed by atoms with E-state index in [0.29, 0.717) is 6.04 Å². The van der Waals surface area contributed by atoms with Crippen molar-refractivity contribution in [2.45, 2.75) is 39.7 Å². The van der Waals surface area contributed by atoms with Gasteiger partial charge in [0.1, 0.15) is 5.75 Å². The summed E-state index contributed by atoms with van der Waals surface area (Å²) in [6.45, 7) is 8.87. The zero-order chi connectivity index (χ0) is 13.8. The van der Waals surface area contributed by atoms with Gasteiger partial charge in [-0.25, -0.2) is 0 Å². The minimum Gasteiger partial charge on any atom is -0.497 e. The SMILES string of the molecule is COc1ccc2c(c1)CC(C)N(CC=C(C)C)CC2. The van der Waals surface area contributed by atoms with Crippen molar-refractivity contribution in [3.8, 4) is 5.75 Å². The van der Waals surface area contributed by atoms with E-state index in [1.807, 2.05) is 0 Å². The molecule has 0 fully saturated rings. The lowest BCUT2D eigenvalue weighted by Crippen LogP contribution is -2.34. The Labute approximate surface area is 117 Å². The number of hydrogen-bond donors (Lipinski definition) is 0. The van der Waals surface area contributed by atoms with Crippen LogP contribution in [-0.4, -0.2) is 31.1 Å². The fourth-order valence-corrected chi connectivity index (χ4v) is 2.67. The van der Waals surface area contributed by atoms with Gasteiger partial charge in [-0.3, -0.25) is 4.90 Å². The van der Waals surface area contributed by atoms with Gasteiger partial charge in [0, 0.05) is 19.1 Å². The lowest BCUT2D eigenvalue weighted by atomic mass is 10.0. The zero-order valence-corrected chi connectivity index (χ0v) is 12.6. The van der Waals surface area contributed by atoms with Gasteiger partial charge in [-0.15, -0.1) is 0 Å². The highest BCUT2D eigenvalue weighted by Crippen LogP contribution is 2.24. The molecule has 2 heteroatoms.